The van der Waals surface area contributed by atoms with E-state index in [1.165, 1.54) is 0 Å². The fraction of sp³-hybridized carbons (Fsp3) is 0.286. The van der Waals surface area contributed by atoms with Gasteiger partial charge in [0.1, 0.15) is 17.4 Å². The van der Waals surface area contributed by atoms with Crippen molar-refractivity contribution in [3.63, 3.8) is 0 Å². The Hall–Kier alpha value is -1.14. The minimum atomic E-state index is 0.189. The Labute approximate surface area is 135 Å². The number of hydrogen-bond acceptors (Lipinski definition) is 4. The highest BCUT2D eigenvalue weighted by Gasteiger charge is 2.14. The van der Waals surface area contributed by atoms with Crippen LogP contribution in [0.3, 0.4) is 0 Å². The minimum Gasteiger partial charge on any atom is -0.437 e. The van der Waals surface area contributed by atoms with E-state index >= 15 is 0 Å². The van der Waals surface area contributed by atoms with Gasteiger partial charge in [-0.05, 0) is 41.1 Å². The molecule has 0 radical (unpaired) electrons. The molecule has 20 heavy (non-hydrogen) atoms. The number of nitrogens with two attached hydrogens (primary N) is 1. The van der Waals surface area contributed by atoms with Gasteiger partial charge in [-0.15, -0.1) is 0 Å². The van der Waals surface area contributed by atoms with Crippen molar-refractivity contribution in [1.82, 2.24) is 9.97 Å². The number of rotatable bonds is 3. The predicted octanol–water partition coefficient (Wildman–Crippen LogP) is 4.81. The van der Waals surface area contributed by atoms with Crippen molar-refractivity contribution < 1.29 is 4.74 Å². The lowest BCUT2D eigenvalue weighted by Gasteiger charge is -2.13. The molecule has 0 amide bonds. The molecule has 1 heterocycles. The van der Waals surface area contributed by atoms with E-state index in [9.17, 15) is 0 Å². The number of anilines is 1. The summed E-state index contributed by atoms with van der Waals surface area (Å²) in [6.07, 6.45) is 0. The molecule has 0 fully saturated rings. The van der Waals surface area contributed by atoms with Crippen molar-refractivity contribution >= 4 is 37.7 Å². The Morgan fingerprint density at radius 2 is 1.90 bits per heavy atom. The summed E-state index contributed by atoms with van der Waals surface area (Å²) in [6, 6.07) is 5.68. The first-order valence-electron chi connectivity index (χ1n) is 6.15. The van der Waals surface area contributed by atoms with Crippen LogP contribution in [0.5, 0.6) is 11.6 Å². The van der Waals surface area contributed by atoms with E-state index in [1.807, 2.05) is 39.0 Å². The van der Waals surface area contributed by atoms with Crippen molar-refractivity contribution in [2.24, 2.45) is 0 Å². The monoisotopic (exact) mass is 399 g/mol. The molecule has 0 unspecified atom stereocenters. The molecule has 1 aromatic carbocycles. The van der Waals surface area contributed by atoms with Gasteiger partial charge in [-0.1, -0.05) is 29.8 Å². The molecule has 2 N–H and O–H groups in total. The number of nitrogen functional groups attached to an aromatic ring is 1. The van der Waals surface area contributed by atoms with Crippen LogP contribution >= 0.6 is 31.9 Å². The highest BCUT2D eigenvalue weighted by Crippen LogP contribution is 2.33. The first-order chi connectivity index (χ1) is 9.38. The summed E-state index contributed by atoms with van der Waals surface area (Å²) in [4.78, 5) is 8.72. The van der Waals surface area contributed by atoms with E-state index in [1.54, 1.807) is 0 Å². The molecule has 0 aliphatic carbocycles. The summed E-state index contributed by atoms with van der Waals surface area (Å²) in [5, 5.41) is 0. The molecule has 6 heteroatoms. The maximum Gasteiger partial charge on any atom is 0.227 e. The second-order valence-electron chi connectivity index (χ2n) is 4.73. The van der Waals surface area contributed by atoms with Crippen LogP contribution < -0.4 is 10.5 Å². The summed E-state index contributed by atoms with van der Waals surface area (Å²) in [5.74, 6) is 2.49. The van der Waals surface area contributed by atoms with Gasteiger partial charge in [-0.2, -0.15) is 4.98 Å². The molecule has 0 aliphatic rings. The normalized spacial score (nSPS) is 10.9. The standard InChI is InChI=1S/C14H15Br2N3O/c1-7(2)13-18-12(17)8(3)14(19-13)20-11-5-4-9(15)6-10(11)16/h4-7H,1-3H3,(H2,17,18,19). The van der Waals surface area contributed by atoms with E-state index in [4.69, 9.17) is 10.5 Å². The Morgan fingerprint density at radius 1 is 1.20 bits per heavy atom. The smallest absolute Gasteiger partial charge is 0.227 e. The molecular weight excluding hydrogens is 386 g/mol. The van der Waals surface area contributed by atoms with E-state index < -0.39 is 0 Å². The molecule has 0 saturated heterocycles. The minimum absolute atomic E-state index is 0.189. The van der Waals surface area contributed by atoms with Gasteiger partial charge in [0.15, 0.2) is 0 Å². The van der Waals surface area contributed by atoms with Gasteiger partial charge in [0.05, 0.1) is 10.0 Å². The Balaban J connectivity index is 2.42. The Kier molecular flexibility index (Phi) is 4.65. The highest BCUT2D eigenvalue weighted by atomic mass is 79.9. The predicted molar refractivity (Wildman–Crippen MR) is 87.2 cm³/mol. The van der Waals surface area contributed by atoms with Crippen LogP contribution in [0.25, 0.3) is 0 Å². The van der Waals surface area contributed by atoms with Crippen LogP contribution in [0.4, 0.5) is 5.82 Å². The van der Waals surface area contributed by atoms with Crippen molar-refractivity contribution in [1.29, 1.82) is 0 Å². The van der Waals surface area contributed by atoms with Crippen LogP contribution in [-0.4, -0.2) is 9.97 Å². The van der Waals surface area contributed by atoms with E-state index in [2.05, 4.69) is 41.8 Å². The number of nitrogens with zero attached hydrogens (tertiary/aromatic N) is 2. The third-order valence-corrected chi connectivity index (χ3v) is 3.89. The Bertz CT molecular complexity index is 645. The van der Waals surface area contributed by atoms with Gasteiger partial charge in [0, 0.05) is 10.4 Å². The molecule has 106 valence electrons. The number of aromatic nitrogens is 2. The van der Waals surface area contributed by atoms with E-state index in [-0.39, 0.29) is 5.92 Å². The highest BCUT2D eigenvalue weighted by molar-refractivity contribution is 9.11. The fourth-order valence-corrected chi connectivity index (χ4v) is 2.68. The Morgan fingerprint density at radius 3 is 2.50 bits per heavy atom. The topological polar surface area (TPSA) is 61.0 Å². The summed E-state index contributed by atoms with van der Waals surface area (Å²) in [5.41, 5.74) is 6.66. The van der Waals surface area contributed by atoms with Crippen LogP contribution in [0, 0.1) is 6.92 Å². The summed E-state index contributed by atoms with van der Waals surface area (Å²) >= 11 is 6.87. The lowest BCUT2D eigenvalue weighted by Crippen LogP contribution is -2.06. The molecule has 1 aromatic heterocycles. The van der Waals surface area contributed by atoms with Gasteiger partial charge < -0.3 is 10.5 Å². The molecule has 0 aliphatic heterocycles. The zero-order valence-electron chi connectivity index (χ0n) is 11.4. The molecule has 2 aromatic rings. The van der Waals surface area contributed by atoms with Crippen molar-refractivity contribution in [2.75, 3.05) is 5.73 Å². The lowest BCUT2D eigenvalue weighted by atomic mass is 10.2. The zero-order valence-corrected chi connectivity index (χ0v) is 14.6. The van der Waals surface area contributed by atoms with Crippen LogP contribution in [-0.2, 0) is 0 Å². The largest absolute Gasteiger partial charge is 0.437 e. The second kappa shape index (κ2) is 6.10. The van der Waals surface area contributed by atoms with Crippen LogP contribution in [0.2, 0.25) is 0 Å². The molecule has 0 saturated carbocycles. The molecule has 0 bridgehead atoms. The van der Waals surface area contributed by atoms with Crippen molar-refractivity contribution in [3.05, 3.63) is 38.5 Å². The maximum atomic E-state index is 5.92. The number of ether oxygens (including phenoxy) is 1. The number of halogens is 2. The van der Waals surface area contributed by atoms with Crippen LogP contribution in [0.1, 0.15) is 31.2 Å². The summed E-state index contributed by atoms with van der Waals surface area (Å²) in [7, 11) is 0. The first-order valence-corrected chi connectivity index (χ1v) is 7.74. The third-order valence-electron chi connectivity index (χ3n) is 2.77. The molecule has 4 nitrogen and oxygen atoms in total. The molecule has 0 atom stereocenters. The number of hydrogen-bond donors (Lipinski definition) is 1. The average molecular weight is 401 g/mol. The van der Waals surface area contributed by atoms with Crippen molar-refractivity contribution in [3.8, 4) is 11.6 Å². The number of benzene rings is 1. The lowest BCUT2D eigenvalue weighted by molar-refractivity contribution is 0.450. The summed E-state index contributed by atoms with van der Waals surface area (Å²) < 4.78 is 7.68. The molecule has 2 rings (SSSR count). The van der Waals surface area contributed by atoms with Gasteiger partial charge in [-0.3, -0.25) is 0 Å². The SMILES string of the molecule is Cc1c(N)nc(C(C)C)nc1Oc1ccc(Br)cc1Br. The quantitative estimate of drug-likeness (QED) is 0.802. The first kappa shape index (κ1) is 15.3. The summed E-state index contributed by atoms with van der Waals surface area (Å²) in [6.45, 7) is 5.88. The van der Waals surface area contributed by atoms with Crippen molar-refractivity contribution in [2.45, 2.75) is 26.7 Å². The van der Waals surface area contributed by atoms with Gasteiger partial charge in [0.25, 0.3) is 0 Å². The third kappa shape index (κ3) is 3.30. The fourth-order valence-electron chi connectivity index (χ4n) is 1.55. The van der Waals surface area contributed by atoms with Gasteiger partial charge >= 0.3 is 0 Å². The molecule has 0 spiro atoms. The van der Waals surface area contributed by atoms with Gasteiger partial charge in [-0.25, -0.2) is 4.98 Å². The molecular formula is C14H15Br2N3O. The van der Waals surface area contributed by atoms with E-state index in [0.29, 0.717) is 23.3 Å². The van der Waals surface area contributed by atoms with E-state index in [0.717, 1.165) is 14.5 Å². The van der Waals surface area contributed by atoms with Gasteiger partial charge in [0.2, 0.25) is 5.88 Å². The average Bonchev–Trinajstić information content (AvgIpc) is 2.37. The maximum absolute atomic E-state index is 5.92. The van der Waals surface area contributed by atoms with Crippen LogP contribution in [0.15, 0.2) is 27.1 Å². The second-order valence-corrected chi connectivity index (χ2v) is 6.50. The zero-order chi connectivity index (χ0) is 14.9.